The summed E-state index contributed by atoms with van der Waals surface area (Å²) in [6.45, 7) is 6.00. The van der Waals surface area contributed by atoms with Crippen molar-refractivity contribution < 1.29 is 4.79 Å². The summed E-state index contributed by atoms with van der Waals surface area (Å²) in [6, 6.07) is 7.73. The minimum Gasteiger partial charge on any atom is -0.305 e. The molecule has 0 saturated heterocycles. The molecule has 0 aliphatic rings. The zero-order chi connectivity index (χ0) is 15.0. The van der Waals surface area contributed by atoms with E-state index in [0.29, 0.717) is 11.5 Å². The Balaban J connectivity index is 1.90. The van der Waals surface area contributed by atoms with E-state index in [0.717, 1.165) is 11.3 Å². The maximum Gasteiger partial charge on any atom is 0.277 e. The Bertz CT molecular complexity index is 799. The summed E-state index contributed by atoms with van der Waals surface area (Å²) in [5.41, 5.74) is 2.18. The maximum absolute atomic E-state index is 12.3. The zero-order valence-electron chi connectivity index (χ0n) is 12.2. The van der Waals surface area contributed by atoms with Gasteiger partial charge in [0.25, 0.3) is 5.91 Å². The smallest absolute Gasteiger partial charge is 0.277 e. The molecule has 3 aromatic heterocycles. The highest BCUT2D eigenvalue weighted by Gasteiger charge is 2.14. The van der Waals surface area contributed by atoms with Crippen molar-refractivity contribution >= 4 is 17.4 Å². The van der Waals surface area contributed by atoms with Crippen LogP contribution in [-0.2, 0) is 0 Å². The first-order valence-corrected chi connectivity index (χ1v) is 6.86. The maximum atomic E-state index is 12.3. The second-order valence-electron chi connectivity index (χ2n) is 5.23. The van der Waals surface area contributed by atoms with Crippen molar-refractivity contribution in [1.82, 2.24) is 19.2 Å². The van der Waals surface area contributed by atoms with Gasteiger partial charge in [0.15, 0.2) is 0 Å². The summed E-state index contributed by atoms with van der Waals surface area (Å²) in [5, 5.41) is 7.05. The van der Waals surface area contributed by atoms with Crippen molar-refractivity contribution in [2.24, 2.45) is 0 Å². The van der Waals surface area contributed by atoms with Crippen LogP contribution in [0.1, 0.15) is 36.1 Å². The molecule has 0 saturated carbocycles. The first kappa shape index (κ1) is 13.4. The molecule has 1 amide bonds. The van der Waals surface area contributed by atoms with Gasteiger partial charge in [-0.05, 0) is 32.9 Å². The number of amides is 1. The molecule has 0 unspecified atom stereocenters. The van der Waals surface area contributed by atoms with Gasteiger partial charge in [0.05, 0.1) is 6.20 Å². The fourth-order valence-electron chi connectivity index (χ4n) is 2.26. The molecular weight excluding hydrogens is 266 g/mol. The average molecular weight is 283 g/mol. The van der Waals surface area contributed by atoms with Gasteiger partial charge >= 0.3 is 0 Å². The third kappa shape index (κ3) is 2.40. The van der Waals surface area contributed by atoms with Crippen molar-refractivity contribution in [3.63, 3.8) is 0 Å². The number of hydrogen-bond donors (Lipinski definition) is 1. The SMILES string of the molecule is Cc1cccc2nc(C(=O)Nc3ccnn3C(C)C)cn12. The highest BCUT2D eigenvalue weighted by molar-refractivity contribution is 6.02. The number of fused-ring (bicyclic) bond motifs is 1. The Morgan fingerprint density at radius 1 is 1.29 bits per heavy atom. The third-order valence-electron chi connectivity index (χ3n) is 3.33. The summed E-state index contributed by atoms with van der Waals surface area (Å²) in [6.07, 6.45) is 3.42. The standard InChI is InChI=1S/C15H17N5O/c1-10(2)20-14(7-8-16-20)18-15(21)12-9-19-11(3)5-4-6-13(19)17-12/h4-10H,1-3H3,(H,18,21). The number of carbonyl (C=O) groups is 1. The Morgan fingerprint density at radius 2 is 2.10 bits per heavy atom. The second-order valence-corrected chi connectivity index (χ2v) is 5.23. The van der Waals surface area contributed by atoms with Crippen LogP contribution in [0.5, 0.6) is 0 Å². The number of nitrogens with zero attached hydrogens (tertiary/aromatic N) is 4. The number of imidazole rings is 1. The van der Waals surface area contributed by atoms with Crippen LogP contribution in [0, 0.1) is 6.92 Å². The molecule has 3 heterocycles. The van der Waals surface area contributed by atoms with E-state index in [1.54, 1.807) is 23.1 Å². The highest BCUT2D eigenvalue weighted by Crippen LogP contribution is 2.15. The van der Waals surface area contributed by atoms with Crippen LogP contribution in [0.2, 0.25) is 0 Å². The van der Waals surface area contributed by atoms with E-state index in [1.165, 1.54) is 0 Å². The molecule has 0 fully saturated rings. The number of rotatable bonds is 3. The number of hydrogen-bond acceptors (Lipinski definition) is 3. The molecule has 0 spiro atoms. The molecule has 0 aliphatic heterocycles. The molecular formula is C15H17N5O. The lowest BCUT2D eigenvalue weighted by atomic mass is 10.4. The van der Waals surface area contributed by atoms with E-state index in [-0.39, 0.29) is 11.9 Å². The molecule has 0 aromatic carbocycles. The summed E-state index contributed by atoms with van der Waals surface area (Å²) in [7, 11) is 0. The molecule has 21 heavy (non-hydrogen) atoms. The summed E-state index contributed by atoms with van der Waals surface area (Å²) in [4.78, 5) is 16.7. The first-order chi connectivity index (χ1) is 10.1. The topological polar surface area (TPSA) is 64.2 Å². The number of aromatic nitrogens is 4. The molecule has 0 bridgehead atoms. The fraction of sp³-hybridized carbons (Fsp3) is 0.267. The summed E-state index contributed by atoms with van der Waals surface area (Å²) < 4.78 is 3.66. The molecule has 6 nitrogen and oxygen atoms in total. The van der Waals surface area contributed by atoms with E-state index in [2.05, 4.69) is 15.4 Å². The largest absolute Gasteiger partial charge is 0.305 e. The van der Waals surface area contributed by atoms with Crippen molar-refractivity contribution in [3.05, 3.63) is 48.0 Å². The lowest BCUT2D eigenvalue weighted by Gasteiger charge is -2.10. The van der Waals surface area contributed by atoms with Crippen LogP contribution in [0.25, 0.3) is 5.65 Å². The van der Waals surface area contributed by atoms with Crippen molar-refractivity contribution in [2.45, 2.75) is 26.8 Å². The molecule has 0 radical (unpaired) electrons. The third-order valence-corrected chi connectivity index (χ3v) is 3.33. The Kier molecular flexibility index (Phi) is 3.21. The molecule has 108 valence electrons. The van der Waals surface area contributed by atoms with Crippen LogP contribution >= 0.6 is 0 Å². The lowest BCUT2D eigenvalue weighted by Crippen LogP contribution is -2.17. The number of aryl methyl sites for hydroxylation is 1. The van der Waals surface area contributed by atoms with Gasteiger partial charge in [-0.15, -0.1) is 0 Å². The molecule has 3 rings (SSSR count). The van der Waals surface area contributed by atoms with Crippen LogP contribution in [0.4, 0.5) is 5.82 Å². The Hall–Kier alpha value is -2.63. The van der Waals surface area contributed by atoms with Gasteiger partial charge in [-0.3, -0.25) is 4.79 Å². The predicted octanol–water partition coefficient (Wildman–Crippen LogP) is 2.67. The molecule has 0 atom stereocenters. The lowest BCUT2D eigenvalue weighted by molar-refractivity contribution is 0.102. The molecule has 1 N–H and O–H groups in total. The van der Waals surface area contributed by atoms with E-state index in [1.807, 2.05) is 43.4 Å². The minimum absolute atomic E-state index is 0.179. The molecule has 6 heteroatoms. The van der Waals surface area contributed by atoms with Gasteiger partial charge in [0, 0.05) is 24.0 Å². The normalized spacial score (nSPS) is 11.2. The van der Waals surface area contributed by atoms with Gasteiger partial charge in [-0.1, -0.05) is 6.07 Å². The van der Waals surface area contributed by atoms with Crippen molar-refractivity contribution in [2.75, 3.05) is 5.32 Å². The van der Waals surface area contributed by atoms with E-state index in [4.69, 9.17) is 0 Å². The summed E-state index contributed by atoms with van der Waals surface area (Å²) >= 11 is 0. The first-order valence-electron chi connectivity index (χ1n) is 6.86. The van der Waals surface area contributed by atoms with Gasteiger partial charge in [0.1, 0.15) is 17.2 Å². The number of pyridine rings is 1. The van der Waals surface area contributed by atoms with Crippen molar-refractivity contribution in [1.29, 1.82) is 0 Å². The monoisotopic (exact) mass is 283 g/mol. The van der Waals surface area contributed by atoms with Crippen LogP contribution < -0.4 is 5.32 Å². The Labute approximate surface area is 122 Å². The predicted molar refractivity (Wildman–Crippen MR) is 80.5 cm³/mol. The number of nitrogens with one attached hydrogen (secondary N) is 1. The van der Waals surface area contributed by atoms with Crippen LogP contribution in [0.15, 0.2) is 36.7 Å². The Morgan fingerprint density at radius 3 is 2.81 bits per heavy atom. The van der Waals surface area contributed by atoms with E-state index in [9.17, 15) is 4.79 Å². The zero-order valence-corrected chi connectivity index (χ0v) is 12.2. The van der Waals surface area contributed by atoms with E-state index >= 15 is 0 Å². The fourth-order valence-corrected chi connectivity index (χ4v) is 2.26. The van der Waals surface area contributed by atoms with Crippen LogP contribution in [-0.4, -0.2) is 25.1 Å². The minimum atomic E-state index is -0.236. The number of carbonyl (C=O) groups excluding carboxylic acids is 1. The second kappa shape index (κ2) is 5.05. The molecule has 0 aliphatic carbocycles. The van der Waals surface area contributed by atoms with Gasteiger partial charge < -0.3 is 9.72 Å². The quantitative estimate of drug-likeness (QED) is 0.803. The van der Waals surface area contributed by atoms with Gasteiger partial charge in [-0.25, -0.2) is 9.67 Å². The highest BCUT2D eigenvalue weighted by atomic mass is 16.2. The van der Waals surface area contributed by atoms with Crippen LogP contribution in [0.3, 0.4) is 0 Å². The number of anilines is 1. The van der Waals surface area contributed by atoms with E-state index < -0.39 is 0 Å². The molecule has 3 aromatic rings. The average Bonchev–Trinajstić information content (AvgIpc) is 3.05. The van der Waals surface area contributed by atoms with Gasteiger partial charge in [-0.2, -0.15) is 5.10 Å². The van der Waals surface area contributed by atoms with Crippen molar-refractivity contribution in [3.8, 4) is 0 Å². The summed E-state index contributed by atoms with van der Waals surface area (Å²) in [5.74, 6) is 0.435. The van der Waals surface area contributed by atoms with Gasteiger partial charge in [0.2, 0.25) is 0 Å².